The number of nitrogens with one attached hydrogen (secondary N) is 1. The lowest BCUT2D eigenvalue weighted by Gasteiger charge is -2.04. The summed E-state index contributed by atoms with van der Waals surface area (Å²) >= 11 is 6.11. The highest BCUT2D eigenvalue weighted by molar-refractivity contribution is 6.31. The minimum absolute atomic E-state index is 0.397. The SMILES string of the molecule is Clc1ccccc1CNc1nnc(CCCOc2ccccc2)o1. The summed E-state index contributed by atoms with van der Waals surface area (Å²) in [5, 5.41) is 11.8. The third-order valence-electron chi connectivity index (χ3n) is 3.40. The lowest BCUT2D eigenvalue weighted by molar-refractivity contribution is 0.305. The quantitative estimate of drug-likeness (QED) is 0.616. The first-order valence-electron chi connectivity index (χ1n) is 7.79. The summed E-state index contributed by atoms with van der Waals surface area (Å²) in [6.45, 7) is 1.15. The largest absolute Gasteiger partial charge is 0.494 e. The van der Waals surface area contributed by atoms with Crippen molar-refractivity contribution in [2.24, 2.45) is 0 Å². The van der Waals surface area contributed by atoms with Crippen LogP contribution in [0, 0.1) is 0 Å². The van der Waals surface area contributed by atoms with Gasteiger partial charge in [0.1, 0.15) is 5.75 Å². The molecule has 24 heavy (non-hydrogen) atoms. The van der Waals surface area contributed by atoms with Gasteiger partial charge in [-0.25, -0.2) is 0 Å². The molecule has 3 rings (SSSR count). The predicted octanol–water partition coefficient (Wildman–Crippen LogP) is 4.35. The number of para-hydroxylation sites is 1. The summed E-state index contributed by atoms with van der Waals surface area (Å²) in [6.07, 6.45) is 1.48. The molecule has 2 aromatic carbocycles. The Morgan fingerprint density at radius 3 is 2.62 bits per heavy atom. The lowest BCUT2D eigenvalue weighted by atomic mass is 10.2. The van der Waals surface area contributed by atoms with E-state index >= 15 is 0 Å². The van der Waals surface area contributed by atoms with Crippen molar-refractivity contribution < 1.29 is 9.15 Å². The van der Waals surface area contributed by atoms with Crippen molar-refractivity contribution in [2.75, 3.05) is 11.9 Å². The summed E-state index contributed by atoms with van der Waals surface area (Å²) in [7, 11) is 0. The van der Waals surface area contributed by atoms with Crippen LogP contribution in [0.15, 0.2) is 59.0 Å². The number of halogens is 1. The minimum atomic E-state index is 0.397. The molecule has 1 heterocycles. The number of aromatic nitrogens is 2. The zero-order valence-electron chi connectivity index (χ0n) is 13.1. The first-order valence-corrected chi connectivity index (χ1v) is 8.16. The number of hydrogen-bond acceptors (Lipinski definition) is 5. The molecule has 1 aromatic heterocycles. The predicted molar refractivity (Wildman–Crippen MR) is 93.3 cm³/mol. The third-order valence-corrected chi connectivity index (χ3v) is 3.77. The topological polar surface area (TPSA) is 60.2 Å². The van der Waals surface area contributed by atoms with Gasteiger partial charge in [0.15, 0.2) is 0 Å². The van der Waals surface area contributed by atoms with Gasteiger partial charge in [-0.3, -0.25) is 0 Å². The Kier molecular flexibility index (Phi) is 5.69. The van der Waals surface area contributed by atoms with Gasteiger partial charge in [-0.15, -0.1) is 5.10 Å². The fraction of sp³-hybridized carbons (Fsp3) is 0.222. The van der Waals surface area contributed by atoms with E-state index in [1.165, 1.54) is 0 Å². The molecule has 0 fully saturated rings. The monoisotopic (exact) mass is 343 g/mol. The van der Waals surface area contributed by atoms with Crippen LogP contribution in [0.5, 0.6) is 5.75 Å². The van der Waals surface area contributed by atoms with Crippen molar-refractivity contribution in [3.63, 3.8) is 0 Å². The average molecular weight is 344 g/mol. The van der Waals surface area contributed by atoms with E-state index in [0.29, 0.717) is 36.5 Å². The van der Waals surface area contributed by atoms with Crippen LogP contribution in [-0.4, -0.2) is 16.8 Å². The van der Waals surface area contributed by atoms with Gasteiger partial charge in [0.2, 0.25) is 5.89 Å². The zero-order valence-corrected chi connectivity index (χ0v) is 13.9. The molecule has 0 saturated carbocycles. The number of rotatable bonds is 8. The van der Waals surface area contributed by atoms with E-state index in [9.17, 15) is 0 Å². The second-order valence-corrected chi connectivity index (χ2v) is 5.62. The Morgan fingerprint density at radius 1 is 1.00 bits per heavy atom. The first-order chi connectivity index (χ1) is 11.8. The van der Waals surface area contributed by atoms with Gasteiger partial charge in [0, 0.05) is 18.0 Å². The highest BCUT2D eigenvalue weighted by Crippen LogP contribution is 2.17. The van der Waals surface area contributed by atoms with Gasteiger partial charge in [0.05, 0.1) is 6.61 Å². The van der Waals surface area contributed by atoms with Crippen LogP contribution in [0.1, 0.15) is 17.9 Å². The van der Waals surface area contributed by atoms with E-state index in [0.717, 1.165) is 17.7 Å². The van der Waals surface area contributed by atoms with Gasteiger partial charge in [-0.05, 0) is 30.2 Å². The van der Waals surface area contributed by atoms with Gasteiger partial charge in [0.25, 0.3) is 0 Å². The van der Waals surface area contributed by atoms with Gasteiger partial charge in [-0.2, -0.15) is 0 Å². The van der Waals surface area contributed by atoms with Crippen LogP contribution >= 0.6 is 11.6 Å². The molecule has 6 heteroatoms. The number of aryl methyl sites for hydroxylation is 1. The van der Waals surface area contributed by atoms with Crippen molar-refractivity contribution in [2.45, 2.75) is 19.4 Å². The maximum absolute atomic E-state index is 6.11. The third kappa shape index (κ3) is 4.73. The number of benzene rings is 2. The van der Waals surface area contributed by atoms with Crippen LogP contribution in [0.2, 0.25) is 5.02 Å². The molecule has 0 aliphatic heterocycles. The molecule has 0 aliphatic carbocycles. The Balaban J connectivity index is 1.41. The van der Waals surface area contributed by atoms with E-state index < -0.39 is 0 Å². The molecule has 0 spiro atoms. The summed E-state index contributed by atoms with van der Waals surface area (Å²) in [5.41, 5.74) is 0.982. The number of nitrogens with zero attached hydrogens (tertiary/aromatic N) is 2. The van der Waals surface area contributed by atoms with Crippen LogP contribution in [0.25, 0.3) is 0 Å². The summed E-state index contributed by atoms with van der Waals surface area (Å²) in [5.74, 6) is 1.46. The summed E-state index contributed by atoms with van der Waals surface area (Å²) in [4.78, 5) is 0. The molecular weight excluding hydrogens is 326 g/mol. The van der Waals surface area contributed by atoms with E-state index in [-0.39, 0.29) is 0 Å². The minimum Gasteiger partial charge on any atom is -0.494 e. The summed E-state index contributed by atoms with van der Waals surface area (Å²) < 4.78 is 11.2. The fourth-order valence-electron chi connectivity index (χ4n) is 2.17. The molecule has 0 radical (unpaired) electrons. The molecule has 1 N–H and O–H groups in total. The molecule has 5 nitrogen and oxygen atoms in total. The van der Waals surface area contributed by atoms with Gasteiger partial charge < -0.3 is 14.5 Å². The lowest BCUT2D eigenvalue weighted by Crippen LogP contribution is -2.00. The molecular formula is C18H18ClN3O2. The number of anilines is 1. The van der Waals surface area contributed by atoms with E-state index in [2.05, 4.69) is 15.5 Å². The molecule has 0 bridgehead atoms. The van der Waals surface area contributed by atoms with Crippen molar-refractivity contribution in [3.8, 4) is 5.75 Å². The fourth-order valence-corrected chi connectivity index (χ4v) is 2.37. The molecule has 0 unspecified atom stereocenters. The number of hydrogen-bond donors (Lipinski definition) is 1. The Hall–Kier alpha value is -2.53. The Bertz CT molecular complexity index is 762. The second kappa shape index (κ2) is 8.36. The van der Waals surface area contributed by atoms with Gasteiger partial charge >= 0.3 is 6.01 Å². The molecule has 0 atom stereocenters. The van der Waals surface area contributed by atoms with E-state index in [1.807, 2.05) is 54.6 Å². The molecule has 0 amide bonds. The van der Waals surface area contributed by atoms with Crippen molar-refractivity contribution in [3.05, 3.63) is 71.1 Å². The van der Waals surface area contributed by atoms with Crippen molar-refractivity contribution in [1.29, 1.82) is 0 Å². The molecule has 0 aliphatic rings. The van der Waals surface area contributed by atoms with Crippen LogP contribution in [0.4, 0.5) is 6.01 Å². The maximum atomic E-state index is 6.11. The summed E-state index contributed by atoms with van der Waals surface area (Å²) in [6, 6.07) is 17.8. The smallest absolute Gasteiger partial charge is 0.315 e. The second-order valence-electron chi connectivity index (χ2n) is 5.21. The molecule has 3 aromatic rings. The van der Waals surface area contributed by atoms with Crippen molar-refractivity contribution >= 4 is 17.6 Å². The zero-order chi connectivity index (χ0) is 16.6. The Labute approximate surface area is 145 Å². The van der Waals surface area contributed by atoms with Crippen LogP contribution in [0.3, 0.4) is 0 Å². The molecule has 0 saturated heterocycles. The molecule has 124 valence electrons. The maximum Gasteiger partial charge on any atom is 0.315 e. The normalized spacial score (nSPS) is 10.5. The van der Waals surface area contributed by atoms with Crippen molar-refractivity contribution in [1.82, 2.24) is 10.2 Å². The van der Waals surface area contributed by atoms with Crippen LogP contribution < -0.4 is 10.1 Å². The van der Waals surface area contributed by atoms with E-state index in [1.54, 1.807) is 0 Å². The highest BCUT2D eigenvalue weighted by Gasteiger charge is 2.07. The Morgan fingerprint density at radius 2 is 1.79 bits per heavy atom. The van der Waals surface area contributed by atoms with Crippen LogP contribution in [-0.2, 0) is 13.0 Å². The highest BCUT2D eigenvalue weighted by atomic mass is 35.5. The standard InChI is InChI=1S/C18H18ClN3O2/c19-16-10-5-4-7-14(16)13-20-18-22-21-17(24-18)11-6-12-23-15-8-2-1-3-9-15/h1-5,7-10H,6,11-13H2,(H,20,22). The van der Waals surface area contributed by atoms with E-state index in [4.69, 9.17) is 20.8 Å². The number of ether oxygens (including phenoxy) is 1. The van der Waals surface area contributed by atoms with Gasteiger partial charge in [-0.1, -0.05) is 53.1 Å². The average Bonchev–Trinajstić information content (AvgIpc) is 3.07. The first kappa shape index (κ1) is 16.3.